The molecule has 0 fully saturated rings. The molecule has 6 heteroatoms. The van der Waals surface area contributed by atoms with E-state index in [0.29, 0.717) is 35.7 Å². The number of carbonyl (C=O) groups excluding carboxylic acids is 1. The van der Waals surface area contributed by atoms with Crippen molar-refractivity contribution in [1.29, 1.82) is 0 Å². The molecular weight excluding hydrogens is 393 g/mol. The quantitative estimate of drug-likeness (QED) is 0.685. The van der Waals surface area contributed by atoms with Crippen molar-refractivity contribution in [2.75, 3.05) is 32.1 Å². The number of amides is 1. The molecule has 1 heterocycles. The van der Waals surface area contributed by atoms with Crippen LogP contribution >= 0.6 is 0 Å². The number of nitrogens with one attached hydrogen (secondary N) is 1. The number of nitrogens with zero attached hydrogens (tertiary/aromatic N) is 2. The van der Waals surface area contributed by atoms with E-state index in [1.807, 2.05) is 37.4 Å². The van der Waals surface area contributed by atoms with Gasteiger partial charge in [-0.1, -0.05) is 30.3 Å². The van der Waals surface area contributed by atoms with Gasteiger partial charge in [0.2, 0.25) is 0 Å². The molecular formula is C25H24FN3O2. The Morgan fingerprint density at radius 2 is 1.74 bits per heavy atom. The smallest absolute Gasteiger partial charge is 0.251 e. The highest BCUT2D eigenvalue weighted by Gasteiger charge is 2.25. The molecule has 0 radical (unpaired) electrons. The summed E-state index contributed by atoms with van der Waals surface area (Å²) in [7, 11) is 3.56. The molecule has 1 N–H and O–H groups in total. The average molecular weight is 417 g/mol. The van der Waals surface area contributed by atoms with Crippen molar-refractivity contribution < 1.29 is 13.9 Å². The second-order valence-electron chi connectivity index (χ2n) is 7.39. The first kappa shape index (κ1) is 20.6. The van der Waals surface area contributed by atoms with Gasteiger partial charge in [-0.05, 0) is 42.5 Å². The van der Waals surface area contributed by atoms with E-state index >= 15 is 0 Å². The summed E-state index contributed by atoms with van der Waals surface area (Å²) in [5, 5.41) is 3.00. The first-order chi connectivity index (χ1) is 15.1. The fourth-order valence-corrected chi connectivity index (χ4v) is 3.72. The van der Waals surface area contributed by atoms with Crippen LogP contribution in [0.2, 0.25) is 0 Å². The molecule has 0 aromatic heterocycles. The third-order valence-electron chi connectivity index (χ3n) is 5.53. The summed E-state index contributed by atoms with van der Waals surface area (Å²) in [6.07, 6.45) is 0. The van der Waals surface area contributed by atoms with Crippen LogP contribution < -0.4 is 15.0 Å². The number of ether oxygens (including phenoxy) is 1. The molecule has 1 unspecified atom stereocenters. The van der Waals surface area contributed by atoms with E-state index in [0.717, 1.165) is 11.3 Å². The summed E-state index contributed by atoms with van der Waals surface area (Å²) < 4.78 is 19.7. The third kappa shape index (κ3) is 4.28. The first-order valence-electron chi connectivity index (χ1n) is 10.1. The maximum atomic E-state index is 14.5. The third-order valence-corrected chi connectivity index (χ3v) is 5.53. The van der Waals surface area contributed by atoms with Gasteiger partial charge in [-0.25, -0.2) is 4.39 Å². The maximum Gasteiger partial charge on any atom is 0.251 e. The van der Waals surface area contributed by atoms with Crippen LogP contribution in [-0.2, 0) is 0 Å². The van der Waals surface area contributed by atoms with Crippen LogP contribution in [0, 0.1) is 5.82 Å². The van der Waals surface area contributed by atoms with Crippen LogP contribution in [0.4, 0.5) is 10.1 Å². The molecule has 0 saturated carbocycles. The lowest BCUT2D eigenvalue weighted by atomic mass is 10.00. The molecule has 4 rings (SSSR count). The second kappa shape index (κ2) is 9.00. The Hall–Kier alpha value is -3.67. The van der Waals surface area contributed by atoms with E-state index < -0.39 is 0 Å². The van der Waals surface area contributed by atoms with E-state index in [1.165, 1.54) is 6.07 Å². The first-order valence-corrected chi connectivity index (χ1v) is 10.1. The Labute approximate surface area is 181 Å². The molecule has 0 bridgehead atoms. The molecule has 1 atom stereocenters. The van der Waals surface area contributed by atoms with Gasteiger partial charge in [-0.15, -0.1) is 0 Å². The van der Waals surface area contributed by atoms with Crippen LogP contribution in [0.5, 0.6) is 5.75 Å². The predicted octanol–water partition coefficient (Wildman–Crippen LogP) is 3.92. The van der Waals surface area contributed by atoms with Gasteiger partial charge in [0.1, 0.15) is 11.6 Å². The predicted molar refractivity (Wildman–Crippen MR) is 121 cm³/mol. The molecule has 1 aliphatic rings. The Bertz CT molecular complexity index is 1110. The zero-order chi connectivity index (χ0) is 21.8. The number of aliphatic imine (C=N–C) groups is 1. The van der Waals surface area contributed by atoms with Gasteiger partial charge in [0.05, 0.1) is 25.4 Å². The largest absolute Gasteiger partial charge is 0.497 e. The zero-order valence-electron chi connectivity index (χ0n) is 17.5. The number of anilines is 1. The molecule has 158 valence electrons. The van der Waals surface area contributed by atoms with Gasteiger partial charge >= 0.3 is 0 Å². The van der Waals surface area contributed by atoms with Crippen molar-refractivity contribution in [2.45, 2.75) is 6.04 Å². The van der Waals surface area contributed by atoms with E-state index in [9.17, 15) is 9.18 Å². The Kier molecular flexibility index (Phi) is 5.98. The number of likely N-dealkylation sites (N-methyl/N-ethyl adjacent to an activating group) is 1. The standard InChI is InChI=1S/C25H24FN3O2/c1-29-18(16-28-25(30)17-11-13-19(31-2)14-12-17)15-27-24(20-7-3-5-9-22(20)26)21-8-4-6-10-23(21)29/h3-14,18H,15-16H2,1-2H3,(H,28,30). The van der Waals surface area contributed by atoms with Crippen molar-refractivity contribution in [2.24, 2.45) is 4.99 Å². The van der Waals surface area contributed by atoms with E-state index in [-0.39, 0.29) is 17.8 Å². The van der Waals surface area contributed by atoms with Gasteiger partial charge in [-0.3, -0.25) is 9.79 Å². The van der Waals surface area contributed by atoms with Crippen LogP contribution in [-0.4, -0.2) is 44.9 Å². The van der Waals surface area contributed by atoms with E-state index in [2.05, 4.69) is 10.2 Å². The number of fused-ring (bicyclic) bond motifs is 1. The molecule has 31 heavy (non-hydrogen) atoms. The van der Waals surface area contributed by atoms with E-state index in [4.69, 9.17) is 9.73 Å². The topological polar surface area (TPSA) is 53.9 Å². The highest BCUT2D eigenvalue weighted by atomic mass is 19.1. The molecule has 5 nitrogen and oxygen atoms in total. The van der Waals surface area contributed by atoms with Crippen LogP contribution in [0.1, 0.15) is 21.5 Å². The number of benzodiazepines with no additional fused rings is 1. The Morgan fingerprint density at radius 3 is 2.45 bits per heavy atom. The second-order valence-corrected chi connectivity index (χ2v) is 7.39. The van der Waals surface area contributed by atoms with Crippen LogP contribution in [0.25, 0.3) is 0 Å². The lowest BCUT2D eigenvalue weighted by molar-refractivity contribution is 0.0951. The minimum atomic E-state index is -0.301. The highest BCUT2D eigenvalue weighted by molar-refractivity contribution is 6.16. The number of methoxy groups -OCH3 is 1. The molecule has 0 spiro atoms. The average Bonchev–Trinajstić information content (AvgIpc) is 2.95. The van der Waals surface area contributed by atoms with Crippen molar-refractivity contribution in [3.8, 4) is 5.75 Å². The number of carbonyl (C=O) groups is 1. The summed E-state index contributed by atoms with van der Waals surface area (Å²) >= 11 is 0. The number of rotatable bonds is 5. The lowest BCUT2D eigenvalue weighted by Gasteiger charge is -2.28. The minimum absolute atomic E-state index is 0.0763. The molecule has 0 aliphatic carbocycles. The fourth-order valence-electron chi connectivity index (χ4n) is 3.72. The zero-order valence-corrected chi connectivity index (χ0v) is 17.5. The van der Waals surface area contributed by atoms with Gasteiger partial charge in [0.15, 0.2) is 0 Å². The maximum absolute atomic E-state index is 14.5. The monoisotopic (exact) mass is 417 g/mol. The SMILES string of the molecule is COc1ccc(C(=O)NCC2CN=C(c3ccccc3F)c3ccccc3N2C)cc1. The molecule has 1 aliphatic heterocycles. The summed E-state index contributed by atoms with van der Waals surface area (Å²) in [6.45, 7) is 0.835. The van der Waals surface area contributed by atoms with Crippen LogP contribution in [0.15, 0.2) is 77.8 Å². The normalized spacial score (nSPS) is 15.5. The summed E-state index contributed by atoms with van der Waals surface area (Å²) in [5.74, 6) is 0.239. The van der Waals surface area contributed by atoms with E-state index in [1.54, 1.807) is 43.5 Å². The van der Waals surface area contributed by atoms with Gasteiger partial charge in [0, 0.05) is 36.0 Å². The van der Waals surface area contributed by atoms with Crippen LogP contribution in [0.3, 0.4) is 0 Å². The van der Waals surface area contributed by atoms with Gasteiger partial charge in [-0.2, -0.15) is 0 Å². The number of benzene rings is 3. The number of halogens is 1. The summed E-state index contributed by atoms with van der Waals surface area (Å²) in [5.41, 5.74) is 3.49. The Balaban J connectivity index is 1.57. The van der Waals surface area contributed by atoms with Crippen molar-refractivity contribution in [3.05, 3.63) is 95.3 Å². The molecule has 3 aromatic rings. The summed E-state index contributed by atoms with van der Waals surface area (Å²) in [4.78, 5) is 19.5. The lowest BCUT2D eigenvalue weighted by Crippen LogP contribution is -2.43. The number of hydrogen-bond acceptors (Lipinski definition) is 4. The molecule has 0 saturated heterocycles. The number of para-hydroxylation sites is 1. The van der Waals surface area contributed by atoms with Gasteiger partial charge in [0.25, 0.3) is 5.91 Å². The van der Waals surface area contributed by atoms with Crippen molar-refractivity contribution in [3.63, 3.8) is 0 Å². The highest BCUT2D eigenvalue weighted by Crippen LogP contribution is 2.28. The van der Waals surface area contributed by atoms with Crippen molar-refractivity contribution >= 4 is 17.3 Å². The minimum Gasteiger partial charge on any atom is -0.497 e. The summed E-state index contributed by atoms with van der Waals surface area (Å²) in [6, 6.07) is 21.4. The Morgan fingerprint density at radius 1 is 1.06 bits per heavy atom. The number of hydrogen-bond donors (Lipinski definition) is 1. The van der Waals surface area contributed by atoms with Gasteiger partial charge < -0.3 is 15.0 Å². The van der Waals surface area contributed by atoms with Crippen molar-refractivity contribution in [1.82, 2.24) is 5.32 Å². The molecule has 1 amide bonds. The molecule has 3 aromatic carbocycles. The fraction of sp³-hybridized carbons (Fsp3) is 0.200.